The molecule has 1 aromatic carbocycles. The van der Waals surface area contributed by atoms with Crippen molar-refractivity contribution in [1.29, 1.82) is 0 Å². The molecule has 3 heteroatoms. The molecule has 2 aromatic heterocycles. The van der Waals surface area contributed by atoms with Crippen LogP contribution in [-0.4, -0.2) is 14.7 Å². The molecule has 1 N–H and O–H groups in total. The minimum atomic E-state index is -0.413. The summed E-state index contributed by atoms with van der Waals surface area (Å²) in [5, 5.41) is 10.7. The summed E-state index contributed by atoms with van der Waals surface area (Å²) in [6.07, 6.45) is 5.01. The molecule has 0 saturated heterocycles. The molecule has 0 amide bonds. The second-order valence-electron chi connectivity index (χ2n) is 7.41. The Hall–Kier alpha value is -2.39. The number of hydrogen-bond acceptors (Lipinski definition) is 2. The predicted molar refractivity (Wildman–Crippen MR) is 96.1 cm³/mol. The van der Waals surface area contributed by atoms with Crippen LogP contribution in [-0.2, 0) is 6.42 Å². The van der Waals surface area contributed by atoms with E-state index in [2.05, 4.69) is 59.8 Å². The van der Waals surface area contributed by atoms with E-state index in [1.54, 1.807) is 6.20 Å². The van der Waals surface area contributed by atoms with Gasteiger partial charge in [-0.2, -0.15) is 0 Å². The maximum Gasteiger partial charge on any atom is 0.0813 e. The summed E-state index contributed by atoms with van der Waals surface area (Å²) in [6.45, 7) is 4.45. The quantitative estimate of drug-likeness (QED) is 0.753. The molecule has 3 nitrogen and oxygen atoms in total. The minimum absolute atomic E-state index is 0.0820. The lowest BCUT2D eigenvalue weighted by Crippen LogP contribution is -2.26. The lowest BCUT2D eigenvalue weighted by molar-refractivity contribution is 0.0987. The third-order valence-corrected chi connectivity index (χ3v) is 4.86. The summed E-state index contributed by atoms with van der Waals surface area (Å²) < 4.78 is 2.27. The van der Waals surface area contributed by atoms with E-state index < -0.39 is 6.10 Å². The van der Waals surface area contributed by atoms with E-state index in [0.29, 0.717) is 0 Å². The molecule has 2 heterocycles. The molecule has 0 radical (unpaired) electrons. The topological polar surface area (TPSA) is 38.0 Å². The molecule has 0 saturated carbocycles. The third kappa shape index (κ3) is 2.55. The van der Waals surface area contributed by atoms with Gasteiger partial charge >= 0.3 is 0 Å². The molecule has 1 unspecified atom stereocenters. The van der Waals surface area contributed by atoms with Crippen LogP contribution >= 0.6 is 0 Å². The number of rotatable bonds is 2. The van der Waals surface area contributed by atoms with Gasteiger partial charge in [0.15, 0.2) is 0 Å². The molecule has 1 aliphatic carbocycles. The first-order valence-electron chi connectivity index (χ1n) is 8.44. The van der Waals surface area contributed by atoms with Gasteiger partial charge in [0, 0.05) is 17.5 Å². The Morgan fingerprint density at radius 1 is 1.12 bits per heavy atom. The van der Waals surface area contributed by atoms with E-state index in [1.165, 1.54) is 5.69 Å². The van der Waals surface area contributed by atoms with Gasteiger partial charge in [0.1, 0.15) is 0 Å². The molecular formula is C21H22N2O. The zero-order chi connectivity index (χ0) is 16.7. The normalized spacial score (nSPS) is 19.0. The van der Waals surface area contributed by atoms with E-state index in [1.807, 2.05) is 18.3 Å². The fourth-order valence-corrected chi connectivity index (χ4v) is 3.80. The highest BCUT2D eigenvalue weighted by molar-refractivity contribution is 5.66. The summed E-state index contributed by atoms with van der Waals surface area (Å²) >= 11 is 0. The van der Waals surface area contributed by atoms with Crippen molar-refractivity contribution in [2.24, 2.45) is 5.41 Å². The number of aromatic nitrogens is 2. The van der Waals surface area contributed by atoms with Crippen LogP contribution < -0.4 is 0 Å². The highest BCUT2D eigenvalue weighted by Gasteiger charge is 2.35. The lowest BCUT2D eigenvalue weighted by atomic mass is 9.75. The highest BCUT2D eigenvalue weighted by atomic mass is 16.3. The number of pyridine rings is 1. The van der Waals surface area contributed by atoms with Gasteiger partial charge in [0.2, 0.25) is 0 Å². The van der Waals surface area contributed by atoms with Crippen LogP contribution in [0.15, 0.2) is 60.9 Å². The maximum atomic E-state index is 10.7. The number of hydrogen-bond donors (Lipinski definition) is 1. The summed E-state index contributed by atoms with van der Waals surface area (Å²) in [6, 6.07) is 16.5. The minimum Gasteiger partial charge on any atom is -0.388 e. The van der Waals surface area contributed by atoms with Crippen LogP contribution in [0.3, 0.4) is 0 Å². The largest absolute Gasteiger partial charge is 0.388 e. The van der Waals surface area contributed by atoms with Gasteiger partial charge in [-0.1, -0.05) is 44.2 Å². The van der Waals surface area contributed by atoms with E-state index in [-0.39, 0.29) is 5.41 Å². The van der Waals surface area contributed by atoms with Gasteiger partial charge in [-0.3, -0.25) is 4.98 Å². The van der Waals surface area contributed by atoms with E-state index >= 15 is 0 Å². The third-order valence-electron chi connectivity index (χ3n) is 4.86. The van der Waals surface area contributed by atoms with Gasteiger partial charge < -0.3 is 9.67 Å². The summed E-state index contributed by atoms with van der Waals surface area (Å²) in [5.74, 6) is 0. The molecule has 24 heavy (non-hydrogen) atoms. The fraction of sp³-hybridized carbons (Fsp3) is 0.286. The van der Waals surface area contributed by atoms with Crippen molar-refractivity contribution in [3.05, 3.63) is 72.2 Å². The Bertz CT molecular complexity index is 850. The van der Waals surface area contributed by atoms with Crippen LogP contribution in [0.5, 0.6) is 0 Å². The molecule has 0 aliphatic heterocycles. The van der Waals surface area contributed by atoms with Crippen molar-refractivity contribution >= 4 is 0 Å². The van der Waals surface area contributed by atoms with Crippen molar-refractivity contribution in [2.75, 3.05) is 0 Å². The number of aliphatic hydroxyl groups is 1. The van der Waals surface area contributed by atoms with Gasteiger partial charge in [-0.15, -0.1) is 0 Å². The predicted octanol–water partition coefficient (Wildman–Crippen LogP) is 4.55. The highest BCUT2D eigenvalue weighted by Crippen LogP contribution is 2.44. The number of aliphatic hydroxyl groups excluding tert-OH is 1. The molecule has 0 fully saturated rings. The van der Waals surface area contributed by atoms with E-state index in [4.69, 9.17) is 0 Å². The molecule has 1 atom stereocenters. The lowest BCUT2D eigenvalue weighted by Gasteiger charge is -2.34. The average Bonchev–Trinajstić information content (AvgIpc) is 2.95. The van der Waals surface area contributed by atoms with E-state index in [0.717, 1.165) is 35.3 Å². The maximum absolute atomic E-state index is 10.7. The van der Waals surface area contributed by atoms with Crippen molar-refractivity contribution in [1.82, 2.24) is 9.55 Å². The fourth-order valence-electron chi connectivity index (χ4n) is 3.80. The summed E-state index contributed by atoms with van der Waals surface area (Å²) in [4.78, 5) is 4.30. The smallest absolute Gasteiger partial charge is 0.0813 e. The van der Waals surface area contributed by atoms with Crippen molar-refractivity contribution < 1.29 is 5.11 Å². The van der Waals surface area contributed by atoms with Crippen LogP contribution in [0.4, 0.5) is 0 Å². The summed E-state index contributed by atoms with van der Waals surface area (Å²) in [5.41, 5.74) is 5.65. The Balaban J connectivity index is 1.99. The molecular weight excluding hydrogens is 296 g/mol. The Labute approximate surface area is 142 Å². The second kappa shape index (κ2) is 5.60. The number of nitrogens with zero attached hydrogens (tertiary/aromatic N) is 2. The zero-order valence-electron chi connectivity index (χ0n) is 14.1. The van der Waals surface area contributed by atoms with Gasteiger partial charge in [0.05, 0.1) is 23.7 Å². The van der Waals surface area contributed by atoms with Crippen LogP contribution in [0.2, 0.25) is 0 Å². The molecule has 3 aromatic rings. The van der Waals surface area contributed by atoms with Crippen LogP contribution in [0, 0.1) is 5.41 Å². The monoisotopic (exact) mass is 318 g/mol. The first-order valence-corrected chi connectivity index (χ1v) is 8.44. The molecule has 4 rings (SSSR count). The van der Waals surface area contributed by atoms with E-state index in [9.17, 15) is 5.11 Å². The van der Waals surface area contributed by atoms with Crippen LogP contribution in [0.1, 0.15) is 37.6 Å². The van der Waals surface area contributed by atoms with Crippen molar-refractivity contribution in [3.8, 4) is 16.9 Å². The van der Waals surface area contributed by atoms with Gasteiger partial charge in [-0.25, -0.2) is 0 Å². The van der Waals surface area contributed by atoms with Gasteiger partial charge in [-0.05, 0) is 42.0 Å². The standard InChI is InChI=1S/C21H22N2O/c1-21(2)12-19-17(20(24)13-21)11-18(15-7-4-3-5-8-15)23(19)16-9-6-10-22-14-16/h3-11,14,20,24H,12-13H2,1-2H3. The first kappa shape index (κ1) is 15.2. The molecule has 0 bridgehead atoms. The van der Waals surface area contributed by atoms with Crippen molar-refractivity contribution in [2.45, 2.75) is 32.8 Å². The van der Waals surface area contributed by atoms with Crippen LogP contribution in [0.25, 0.3) is 16.9 Å². The average molecular weight is 318 g/mol. The van der Waals surface area contributed by atoms with Crippen molar-refractivity contribution in [3.63, 3.8) is 0 Å². The number of fused-ring (bicyclic) bond motifs is 1. The van der Waals surface area contributed by atoms with Gasteiger partial charge in [0.25, 0.3) is 0 Å². The molecule has 1 aliphatic rings. The molecule has 122 valence electrons. The number of benzene rings is 1. The zero-order valence-corrected chi connectivity index (χ0v) is 14.1. The Morgan fingerprint density at radius 2 is 1.92 bits per heavy atom. The SMILES string of the molecule is CC1(C)Cc2c(cc(-c3ccccc3)n2-c2cccnc2)C(O)C1. The summed E-state index contributed by atoms with van der Waals surface area (Å²) in [7, 11) is 0. The molecule has 0 spiro atoms. The first-order chi connectivity index (χ1) is 11.6. The Kier molecular flexibility index (Phi) is 3.54. The Morgan fingerprint density at radius 3 is 2.62 bits per heavy atom. The second-order valence-corrected chi connectivity index (χ2v) is 7.41.